The quantitative estimate of drug-likeness (QED) is 0.289. The van der Waals surface area contributed by atoms with E-state index in [1.54, 1.807) is 43.6 Å². The topological polar surface area (TPSA) is 98.7 Å². The van der Waals surface area contributed by atoms with Crippen molar-refractivity contribution in [2.24, 2.45) is 4.99 Å². The van der Waals surface area contributed by atoms with Crippen molar-refractivity contribution in [2.75, 3.05) is 32.1 Å². The van der Waals surface area contributed by atoms with Crippen molar-refractivity contribution in [3.8, 4) is 0 Å². The lowest BCUT2D eigenvalue weighted by atomic mass is 10.2. The summed E-state index contributed by atoms with van der Waals surface area (Å²) in [4.78, 5) is 10.5. The summed E-state index contributed by atoms with van der Waals surface area (Å²) in [5.74, 6) is 0.681. The van der Waals surface area contributed by atoms with Crippen LogP contribution in [0.2, 0.25) is 0 Å². The van der Waals surface area contributed by atoms with E-state index < -0.39 is 10.0 Å². The molecule has 0 bridgehead atoms. The van der Waals surface area contributed by atoms with E-state index >= 15 is 0 Å². The minimum atomic E-state index is -3.44. The van der Waals surface area contributed by atoms with E-state index in [4.69, 9.17) is 0 Å². The Balaban J connectivity index is 0.00000320. The van der Waals surface area contributed by atoms with Gasteiger partial charge in [0, 0.05) is 38.9 Å². The number of benzene rings is 1. The standard InChI is InChI=1S/C19H25FN6O2S.HI/c1-21-19(24-12-14-5-7-16(8-6-14)29(27,28)22-2)25-15-9-11-26(13-15)18-17(20)4-3-10-23-18;/h3-8,10,15,22H,9,11-13H2,1-2H3,(H2,21,24,25);1H. The molecule has 1 aliphatic heterocycles. The number of nitrogens with zero attached hydrogens (tertiary/aromatic N) is 3. The molecule has 0 amide bonds. The Labute approximate surface area is 193 Å². The molecule has 0 spiro atoms. The van der Waals surface area contributed by atoms with Crippen LogP contribution in [0.25, 0.3) is 0 Å². The van der Waals surface area contributed by atoms with Gasteiger partial charge in [-0.1, -0.05) is 12.1 Å². The molecule has 3 N–H and O–H groups in total. The Kier molecular flexibility index (Phi) is 8.79. The molecule has 0 saturated carbocycles. The van der Waals surface area contributed by atoms with Crippen LogP contribution < -0.4 is 20.3 Å². The number of sulfonamides is 1. The second-order valence-electron chi connectivity index (χ2n) is 6.66. The summed E-state index contributed by atoms with van der Waals surface area (Å²) in [5.41, 5.74) is 0.923. The summed E-state index contributed by atoms with van der Waals surface area (Å²) in [7, 11) is -0.375. The first-order chi connectivity index (χ1) is 13.9. The number of halogens is 2. The summed E-state index contributed by atoms with van der Waals surface area (Å²) in [5, 5.41) is 6.56. The zero-order valence-electron chi connectivity index (χ0n) is 16.8. The molecule has 2 aromatic rings. The van der Waals surface area contributed by atoms with Crippen LogP contribution in [0.3, 0.4) is 0 Å². The largest absolute Gasteiger partial charge is 0.352 e. The Morgan fingerprint density at radius 1 is 1.30 bits per heavy atom. The van der Waals surface area contributed by atoms with E-state index in [1.165, 1.54) is 13.1 Å². The third-order valence-electron chi connectivity index (χ3n) is 4.75. The molecule has 3 rings (SSSR count). The minimum absolute atomic E-state index is 0. The second-order valence-corrected chi connectivity index (χ2v) is 8.55. The van der Waals surface area contributed by atoms with Crippen LogP contribution in [0.15, 0.2) is 52.5 Å². The highest BCUT2D eigenvalue weighted by Crippen LogP contribution is 2.20. The molecule has 30 heavy (non-hydrogen) atoms. The van der Waals surface area contributed by atoms with Crippen LogP contribution in [0.1, 0.15) is 12.0 Å². The molecule has 0 aliphatic carbocycles. The highest BCUT2D eigenvalue weighted by Gasteiger charge is 2.25. The van der Waals surface area contributed by atoms with Crippen LogP contribution in [0.4, 0.5) is 10.2 Å². The van der Waals surface area contributed by atoms with Crippen LogP contribution in [-0.4, -0.2) is 52.6 Å². The second kappa shape index (κ2) is 10.9. The van der Waals surface area contributed by atoms with Crippen molar-refractivity contribution in [2.45, 2.75) is 23.9 Å². The Morgan fingerprint density at radius 2 is 2.03 bits per heavy atom. The normalized spacial score (nSPS) is 16.8. The molecule has 1 aromatic carbocycles. The molecule has 1 unspecified atom stereocenters. The average Bonchev–Trinajstić information content (AvgIpc) is 3.20. The van der Waals surface area contributed by atoms with E-state index in [-0.39, 0.29) is 40.7 Å². The van der Waals surface area contributed by atoms with E-state index in [2.05, 4.69) is 25.3 Å². The molecule has 1 atom stereocenters. The fourth-order valence-electron chi connectivity index (χ4n) is 3.16. The molecule has 0 radical (unpaired) electrons. The predicted molar refractivity (Wildman–Crippen MR) is 126 cm³/mol. The summed E-state index contributed by atoms with van der Waals surface area (Å²) in [6.45, 7) is 1.83. The van der Waals surface area contributed by atoms with E-state index in [9.17, 15) is 12.8 Å². The SMILES string of the molecule is CN=C(NCc1ccc(S(=O)(=O)NC)cc1)NC1CCN(c2ncccc2F)C1.I. The number of hydrogen-bond acceptors (Lipinski definition) is 5. The van der Waals surface area contributed by atoms with Crippen LogP contribution in [0.5, 0.6) is 0 Å². The summed E-state index contributed by atoms with van der Waals surface area (Å²) < 4.78 is 39.8. The van der Waals surface area contributed by atoms with Crippen molar-refractivity contribution in [3.05, 3.63) is 54.0 Å². The zero-order valence-corrected chi connectivity index (χ0v) is 19.9. The van der Waals surface area contributed by atoms with Crippen molar-refractivity contribution in [1.29, 1.82) is 0 Å². The predicted octanol–water partition coefficient (Wildman–Crippen LogP) is 1.69. The Morgan fingerprint density at radius 3 is 2.67 bits per heavy atom. The molecule has 1 saturated heterocycles. The van der Waals surface area contributed by atoms with Crippen molar-refractivity contribution in [1.82, 2.24) is 20.3 Å². The zero-order chi connectivity index (χ0) is 20.9. The van der Waals surface area contributed by atoms with Gasteiger partial charge < -0.3 is 15.5 Å². The number of rotatable bonds is 6. The van der Waals surface area contributed by atoms with Gasteiger partial charge in [0.1, 0.15) is 0 Å². The van der Waals surface area contributed by atoms with Crippen molar-refractivity contribution in [3.63, 3.8) is 0 Å². The van der Waals surface area contributed by atoms with Crippen molar-refractivity contribution >= 4 is 45.8 Å². The molecule has 1 aliphatic rings. The summed E-state index contributed by atoms with van der Waals surface area (Å²) >= 11 is 0. The molecular weight excluding hydrogens is 522 g/mol. The van der Waals surface area contributed by atoms with Gasteiger partial charge >= 0.3 is 0 Å². The monoisotopic (exact) mass is 548 g/mol. The summed E-state index contributed by atoms with van der Waals surface area (Å²) in [6, 6.07) is 9.75. The third-order valence-corrected chi connectivity index (χ3v) is 6.18. The van der Waals surface area contributed by atoms with Gasteiger partial charge in [0.2, 0.25) is 10.0 Å². The van der Waals surface area contributed by atoms with Gasteiger partial charge in [-0.15, -0.1) is 24.0 Å². The number of guanidine groups is 1. The fourth-order valence-corrected chi connectivity index (χ4v) is 3.89. The molecule has 2 heterocycles. The molecule has 1 aromatic heterocycles. The first kappa shape index (κ1) is 24.3. The fraction of sp³-hybridized carbons (Fsp3) is 0.368. The minimum Gasteiger partial charge on any atom is -0.352 e. The lowest BCUT2D eigenvalue weighted by Gasteiger charge is -2.20. The molecule has 1 fully saturated rings. The Hall–Kier alpha value is -1.99. The highest BCUT2D eigenvalue weighted by molar-refractivity contribution is 14.0. The first-order valence-corrected chi connectivity index (χ1v) is 10.8. The van der Waals surface area contributed by atoms with E-state index in [1.807, 2.05) is 4.90 Å². The van der Waals surface area contributed by atoms with Crippen molar-refractivity contribution < 1.29 is 12.8 Å². The number of pyridine rings is 1. The van der Waals surface area contributed by atoms with Gasteiger partial charge in [-0.3, -0.25) is 4.99 Å². The number of aliphatic imine (C=N–C) groups is 1. The smallest absolute Gasteiger partial charge is 0.240 e. The van der Waals surface area contributed by atoms with Gasteiger partial charge in [-0.05, 0) is 43.3 Å². The number of hydrogen-bond donors (Lipinski definition) is 3. The third kappa shape index (κ3) is 6.01. The molecule has 164 valence electrons. The lowest BCUT2D eigenvalue weighted by Crippen LogP contribution is -2.44. The first-order valence-electron chi connectivity index (χ1n) is 9.28. The maximum atomic E-state index is 13.9. The molecular formula is C19H26FIN6O2S. The number of anilines is 1. The van der Waals surface area contributed by atoms with Gasteiger partial charge in [0.05, 0.1) is 4.90 Å². The Bertz CT molecular complexity index is 971. The van der Waals surface area contributed by atoms with Crippen LogP contribution >= 0.6 is 24.0 Å². The molecule has 8 nitrogen and oxygen atoms in total. The maximum absolute atomic E-state index is 13.9. The van der Waals surface area contributed by atoms with E-state index in [0.29, 0.717) is 31.4 Å². The van der Waals surface area contributed by atoms with Crippen LogP contribution in [-0.2, 0) is 16.6 Å². The lowest BCUT2D eigenvalue weighted by molar-refractivity contribution is 0.588. The maximum Gasteiger partial charge on any atom is 0.240 e. The van der Waals surface area contributed by atoms with Gasteiger partial charge in [-0.2, -0.15) is 0 Å². The van der Waals surface area contributed by atoms with E-state index in [0.717, 1.165) is 12.0 Å². The highest BCUT2D eigenvalue weighted by atomic mass is 127. The van der Waals surface area contributed by atoms with Gasteiger partial charge in [-0.25, -0.2) is 22.5 Å². The van der Waals surface area contributed by atoms with Gasteiger partial charge in [0.15, 0.2) is 17.6 Å². The average molecular weight is 548 g/mol. The number of aromatic nitrogens is 1. The van der Waals surface area contributed by atoms with Gasteiger partial charge in [0.25, 0.3) is 0 Å². The van der Waals surface area contributed by atoms with Crippen LogP contribution in [0, 0.1) is 5.82 Å². The summed E-state index contributed by atoms with van der Waals surface area (Å²) in [6.07, 6.45) is 2.43. The molecule has 11 heteroatoms. The number of nitrogens with one attached hydrogen (secondary N) is 3.